The topological polar surface area (TPSA) is 77.2 Å². The van der Waals surface area contributed by atoms with Crippen LogP contribution in [0.15, 0.2) is 60.8 Å². The van der Waals surface area contributed by atoms with Crippen molar-refractivity contribution in [1.82, 2.24) is 10.3 Å². The molecule has 0 aliphatic rings. The molecule has 0 saturated carbocycles. The Bertz CT molecular complexity index is 1080. The number of rotatable bonds is 6. The average molecular weight is 429 g/mol. The number of nitrogens with two attached hydrogens (primary N) is 1. The Morgan fingerprint density at radius 2 is 1.90 bits per heavy atom. The highest BCUT2D eigenvalue weighted by Gasteiger charge is 2.30. The summed E-state index contributed by atoms with van der Waals surface area (Å²) < 4.78 is 44.3. The molecule has 0 bridgehead atoms. The molecule has 0 aliphatic heterocycles. The molecular weight excluding hydrogens is 407 g/mol. The molecule has 3 rings (SSSR count). The first-order chi connectivity index (χ1) is 14.6. The van der Waals surface area contributed by atoms with Gasteiger partial charge in [0.15, 0.2) is 0 Å². The zero-order chi connectivity index (χ0) is 22.6. The summed E-state index contributed by atoms with van der Waals surface area (Å²) in [4.78, 5) is 16.9. The summed E-state index contributed by atoms with van der Waals surface area (Å²) in [5.74, 6) is 0.189. The maximum Gasteiger partial charge on any atom is 0.416 e. The van der Waals surface area contributed by atoms with Crippen LogP contribution >= 0.6 is 0 Å². The van der Waals surface area contributed by atoms with E-state index < -0.39 is 17.6 Å². The number of carbonyl (C=O) groups excluding carboxylic acids is 1. The number of anilines is 1. The summed E-state index contributed by atoms with van der Waals surface area (Å²) in [5, 5.41) is 2.63. The minimum Gasteiger partial charge on any atom is -0.491 e. The summed E-state index contributed by atoms with van der Waals surface area (Å²) in [6.07, 6.45) is -2.98. The molecule has 0 spiro atoms. The van der Waals surface area contributed by atoms with Crippen LogP contribution in [-0.2, 0) is 12.7 Å². The van der Waals surface area contributed by atoms with Gasteiger partial charge in [-0.15, -0.1) is 0 Å². The van der Waals surface area contributed by atoms with Gasteiger partial charge in [-0.1, -0.05) is 12.1 Å². The fourth-order valence-corrected chi connectivity index (χ4v) is 2.96. The van der Waals surface area contributed by atoms with Crippen molar-refractivity contribution in [3.8, 4) is 17.0 Å². The van der Waals surface area contributed by atoms with Crippen molar-refractivity contribution in [2.24, 2.45) is 0 Å². The molecule has 5 nitrogen and oxygen atoms in total. The van der Waals surface area contributed by atoms with Crippen molar-refractivity contribution in [1.29, 1.82) is 0 Å². The van der Waals surface area contributed by atoms with Crippen LogP contribution in [0.2, 0.25) is 0 Å². The monoisotopic (exact) mass is 429 g/mol. The van der Waals surface area contributed by atoms with Gasteiger partial charge in [-0.2, -0.15) is 13.2 Å². The second-order valence-corrected chi connectivity index (χ2v) is 7.23. The van der Waals surface area contributed by atoms with Gasteiger partial charge >= 0.3 is 6.18 Å². The van der Waals surface area contributed by atoms with Gasteiger partial charge in [0.2, 0.25) is 0 Å². The number of alkyl halides is 3. The smallest absolute Gasteiger partial charge is 0.416 e. The molecule has 162 valence electrons. The van der Waals surface area contributed by atoms with Gasteiger partial charge in [0.05, 0.1) is 17.4 Å². The Morgan fingerprint density at radius 3 is 2.61 bits per heavy atom. The zero-order valence-corrected chi connectivity index (χ0v) is 17.0. The second kappa shape index (κ2) is 9.07. The van der Waals surface area contributed by atoms with Crippen LogP contribution in [-0.4, -0.2) is 17.0 Å². The normalized spacial score (nSPS) is 11.4. The van der Waals surface area contributed by atoms with E-state index in [9.17, 15) is 18.0 Å². The molecule has 1 amide bonds. The number of aromatic nitrogens is 1. The van der Waals surface area contributed by atoms with Crippen molar-refractivity contribution < 1.29 is 22.7 Å². The van der Waals surface area contributed by atoms with Crippen LogP contribution in [0, 0.1) is 0 Å². The lowest BCUT2D eigenvalue weighted by Gasteiger charge is -2.13. The van der Waals surface area contributed by atoms with Crippen LogP contribution in [0.1, 0.15) is 35.3 Å². The number of benzene rings is 2. The van der Waals surface area contributed by atoms with Gasteiger partial charge < -0.3 is 15.8 Å². The van der Waals surface area contributed by atoms with Crippen molar-refractivity contribution in [3.05, 3.63) is 77.5 Å². The zero-order valence-electron chi connectivity index (χ0n) is 17.0. The van der Waals surface area contributed by atoms with E-state index in [-0.39, 0.29) is 12.6 Å². The van der Waals surface area contributed by atoms with Crippen LogP contribution < -0.4 is 15.8 Å². The minimum absolute atomic E-state index is 0.0163. The van der Waals surface area contributed by atoms with Crippen LogP contribution in [0.5, 0.6) is 5.75 Å². The van der Waals surface area contributed by atoms with Gasteiger partial charge in [-0.25, -0.2) is 0 Å². The van der Waals surface area contributed by atoms with Crippen molar-refractivity contribution in [2.45, 2.75) is 32.7 Å². The highest BCUT2D eigenvalue weighted by Crippen LogP contribution is 2.30. The summed E-state index contributed by atoms with van der Waals surface area (Å²) in [5.41, 5.74) is 7.55. The van der Waals surface area contributed by atoms with E-state index in [1.165, 1.54) is 24.4 Å². The van der Waals surface area contributed by atoms with E-state index in [4.69, 9.17) is 10.5 Å². The van der Waals surface area contributed by atoms with Crippen LogP contribution in [0.25, 0.3) is 11.3 Å². The number of nitrogen functional groups attached to an aromatic ring is 1. The highest BCUT2D eigenvalue weighted by molar-refractivity contribution is 5.95. The highest BCUT2D eigenvalue weighted by atomic mass is 19.4. The lowest BCUT2D eigenvalue weighted by Crippen LogP contribution is -2.23. The van der Waals surface area contributed by atoms with Gasteiger partial charge in [0.1, 0.15) is 5.75 Å². The summed E-state index contributed by atoms with van der Waals surface area (Å²) in [6, 6.07) is 13.1. The molecule has 2 aromatic carbocycles. The summed E-state index contributed by atoms with van der Waals surface area (Å²) >= 11 is 0. The molecule has 0 radical (unpaired) electrons. The molecule has 31 heavy (non-hydrogen) atoms. The number of amides is 1. The standard InChI is InChI=1S/C23H22F3N3O2/c1-14(2)31-18-6-7-20(27)19(12-18)21-11-16(8-9-28-21)22(30)29-13-15-4-3-5-17(10-15)23(24,25)26/h3-12,14H,13,27H2,1-2H3,(H,29,30). The summed E-state index contributed by atoms with van der Waals surface area (Å²) in [7, 11) is 0. The quantitative estimate of drug-likeness (QED) is 0.537. The first-order valence-electron chi connectivity index (χ1n) is 9.60. The molecule has 1 heterocycles. The number of hydrogen-bond donors (Lipinski definition) is 2. The Balaban J connectivity index is 1.77. The van der Waals surface area contributed by atoms with Crippen LogP contribution in [0.4, 0.5) is 18.9 Å². The van der Waals surface area contributed by atoms with Gasteiger partial charge in [-0.3, -0.25) is 9.78 Å². The maximum absolute atomic E-state index is 12.9. The molecule has 3 N–H and O–H groups in total. The number of halogens is 3. The molecule has 0 atom stereocenters. The molecule has 8 heteroatoms. The molecule has 0 unspecified atom stereocenters. The van der Waals surface area contributed by atoms with Gasteiger partial charge in [0, 0.05) is 29.6 Å². The fraction of sp³-hybridized carbons (Fsp3) is 0.217. The number of carbonyl (C=O) groups is 1. The predicted octanol–water partition coefficient (Wildman–Crippen LogP) is 5.07. The number of nitrogens with one attached hydrogen (secondary N) is 1. The Labute approximate surface area is 178 Å². The van der Waals surface area contributed by atoms with Gasteiger partial charge in [0.25, 0.3) is 5.91 Å². The van der Waals surface area contributed by atoms with E-state index in [0.29, 0.717) is 33.8 Å². The number of nitrogens with zero attached hydrogens (tertiary/aromatic N) is 1. The lowest BCUT2D eigenvalue weighted by molar-refractivity contribution is -0.137. The van der Waals surface area contributed by atoms with E-state index >= 15 is 0 Å². The maximum atomic E-state index is 12.9. The molecular formula is C23H22F3N3O2. The third kappa shape index (κ3) is 5.75. The third-order valence-electron chi connectivity index (χ3n) is 4.40. The Hall–Kier alpha value is -3.55. The second-order valence-electron chi connectivity index (χ2n) is 7.23. The minimum atomic E-state index is -4.44. The predicted molar refractivity (Wildman–Crippen MR) is 112 cm³/mol. The lowest BCUT2D eigenvalue weighted by atomic mass is 10.1. The number of pyridine rings is 1. The Morgan fingerprint density at radius 1 is 1.13 bits per heavy atom. The van der Waals surface area contributed by atoms with E-state index in [1.807, 2.05) is 13.8 Å². The SMILES string of the molecule is CC(C)Oc1ccc(N)c(-c2cc(C(=O)NCc3cccc(C(F)(F)F)c3)ccn2)c1. The number of hydrogen-bond acceptors (Lipinski definition) is 4. The van der Waals surface area contributed by atoms with Crippen molar-refractivity contribution in [2.75, 3.05) is 5.73 Å². The van der Waals surface area contributed by atoms with E-state index in [2.05, 4.69) is 10.3 Å². The van der Waals surface area contributed by atoms with Gasteiger partial charge in [-0.05, 0) is 61.9 Å². The fourth-order valence-electron chi connectivity index (χ4n) is 2.96. The van der Waals surface area contributed by atoms with E-state index in [0.717, 1.165) is 12.1 Å². The first kappa shape index (κ1) is 22.1. The largest absolute Gasteiger partial charge is 0.491 e. The van der Waals surface area contributed by atoms with Crippen molar-refractivity contribution in [3.63, 3.8) is 0 Å². The average Bonchev–Trinajstić information content (AvgIpc) is 2.72. The number of ether oxygens (including phenoxy) is 1. The molecule has 0 aliphatic carbocycles. The molecule has 1 aromatic heterocycles. The Kier molecular flexibility index (Phi) is 6.48. The van der Waals surface area contributed by atoms with Crippen molar-refractivity contribution >= 4 is 11.6 Å². The first-order valence-corrected chi connectivity index (χ1v) is 9.60. The molecule has 0 fully saturated rings. The molecule has 0 saturated heterocycles. The van der Waals surface area contributed by atoms with Crippen LogP contribution in [0.3, 0.4) is 0 Å². The van der Waals surface area contributed by atoms with E-state index in [1.54, 1.807) is 24.3 Å². The molecule has 3 aromatic rings. The third-order valence-corrected chi connectivity index (χ3v) is 4.40. The summed E-state index contributed by atoms with van der Waals surface area (Å²) in [6.45, 7) is 3.77.